The van der Waals surface area contributed by atoms with Gasteiger partial charge in [0, 0.05) is 11.6 Å². The van der Waals surface area contributed by atoms with E-state index in [0.717, 1.165) is 5.82 Å². The second-order valence-electron chi connectivity index (χ2n) is 4.71. The van der Waals surface area contributed by atoms with Crippen LogP contribution in [0.1, 0.15) is 32.3 Å². The zero-order valence-electron chi connectivity index (χ0n) is 9.20. The normalized spacial score (nSPS) is 12.3. The van der Waals surface area contributed by atoms with Gasteiger partial charge < -0.3 is 4.40 Å². The van der Waals surface area contributed by atoms with Crippen LogP contribution in [0, 0.1) is 6.92 Å². The molecule has 2 aromatic rings. The Morgan fingerprint density at radius 2 is 1.93 bits per heavy atom. The standard InChI is InChI=1S/C12H16N2/c1-9-13-11(12(2,3)4)10-7-5-6-8-14(9)10/h5-8H,1-4H3. The monoisotopic (exact) mass is 188 g/mol. The molecule has 0 bridgehead atoms. The summed E-state index contributed by atoms with van der Waals surface area (Å²) in [6.07, 6.45) is 2.06. The maximum atomic E-state index is 4.62. The average Bonchev–Trinajstić information content (AvgIpc) is 2.44. The van der Waals surface area contributed by atoms with E-state index in [9.17, 15) is 0 Å². The highest BCUT2D eigenvalue weighted by Crippen LogP contribution is 2.26. The lowest BCUT2D eigenvalue weighted by Crippen LogP contribution is -2.12. The van der Waals surface area contributed by atoms with Crippen LogP contribution in [-0.2, 0) is 5.41 Å². The number of hydrogen-bond acceptors (Lipinski definition) is 1. The molecule has 0 saturated heterocycles. The highest BCUT2D eigenvalue weighted by atomic mass is 15.0. The molecule has 0 radical (unpaired) electrons. The first-order chi connectivity index (χ1) is 6.50. The third-order valence-corrected chi connectivity index (χ3v) is 2.44. The highest BCUT2D eigenvalue weighted by molar-refractivity contribution is 5.55. The molecule has 0 amide bonds. The fourth-order valence-electron chi connectivity index (χ4n) is 1.74. The predicted molar refractivity (Wildman–Crippen MR) is 58.6 cm³/mol. The molecular weight excluding hydrogens is 172 g/mol. The molecule has 2 rings (SSSR count). The van der Waals surface area contributed by atoms with Crippen LogP contribution in [0.3, 0.4) is 0 Å². The smallest absolute Gasteiger partial charge is 0.110 e. The van der Waals surface area contributed by atoms with E-state index in [0.29, 0.717) is 0 Å². The zero-order chi connectivity index (χ0) is 10.3. The number of rotatable bonds is 0. The Hall–Kier alpha value is -1.31. The first-order valence-electron chi connectivity index (χ1n) is 4.94. The molecule has 0 saturated carbocycles. The molecule has 0 aliphatic heterocycles. The number of fused-ring (bicyclic) bond motifs is 1. The number of nitrogens with zero attached hydrogens (tertiary/aromatic N) is 2. The van der Waals surface area contributed by atoms with Crippen LogP contribution in [0.4, 0.5) is 0 Å². The van der Waals surface area contributed by atoms with E-state index in [2.05, 4.69) is 48.5 Å². The van der Waals surface area contributed by atoms with Crippen LogP contribution in [0.15, 0.2) is 24.4 Å². The lowest BCUT2D eigenvalue weighted by atomic mass is 9.91. The van der Waals surface area contributed by atoms with E-state index in [1.165, 1.54) is 11.2 Å². The molecule has 2 heterocycles. The van der Waals surface area contributed by atoms with Gasteiger partial charge >= 0.3 is 0 Å². The summed E-state index contributed by atoms with van der Waals surface area (Å²) in [5.41, 5.74) is 2.51. The SMILES string of the molecule is Cc1nc(C(C)(C)C)c2ccccn12. The van der Waals surface area contributed by atoms with Crippen molar-refractivity contribution in [2.75, 3.05) is 0 Å². The van der Waals surface area contributed by atoms with Crippen molar-refractivity contribution in [3.05, 3.63) is 35.9 Å². The van der Waals surface area contributed by atoms with E-state index in [1.807, 2.05) is 13.0 Å². The first-order valence-corrected chi connectivity index (χ1v) is 4.94. The highest BCUT2D eigenvalue weighted by Gasteiger charge is 2.20. The van der Waals surface area contributed by atoms with Gasteiger partial charge in [0.25, 0.3) is 0 Å². The number of imidazole rings is 1. The summed E-state index contributed by atoms with van der Waals surface area (Å²) in [4.78, 5) is 4.62. The molecule has 2 aromatic heterocycles. The molecule has 2 nitrogen and oxygen atoms in total. The number of aryl methyl sites for hydroxylation is 1. The molecule has 0 atom stereocenters. The van der Waals surface area contributed by atoms with Crippen LogP contribution in [0.25, 0.3) is 5.52 Å². The first kappa shape index (κ1) is 9.25. The molecule has 74 valence electrons. The maximum absolute atomic E-state index is 4.62. The minimum Gasteiger partial charge on any atom is -0.304 e. The van der Waals surface area contributed by atoms with Crippen molar-refractivity contribution in [3.63, 3.8) is 0 Å². The summed E-state index contributed by atoms with van der Waals surface area (Å²) < 4.78 is 2.14. The fourth-order valence-corrected chi connectivity index (χ4v) is 1.74. The second kappa shape index (κ2) is 2.84. The summed E-state index contributed by atoms with van der Waals surface area (Å²) in [6.45, 7) is 8.63. The van der Waals surface area contributed by atoms with Crippen LogP contribution in [0.5, 0.6) is 0 Å². The van der Waals surface area contributed by atoms with Crippen molar-refractivity contribution in [3.8, 4) is 0 Å². The zero-order valence-corrected chi connectivity index (χ0v) is 9.20. The van der Waals surface area contributed by atoms with Gasteiger partial charge in [0.05, 0.1) is 11.2 Å². The minimum absolute atomic E-state index is 0.112. The molecule has 0 N–H and O–H groups in total. The third kappa shape index (κ3) is 1.31. The molecule has 14 heavy (non-hydrogen) atoms. The maximum Gasteiger partial charge on any atom is 0.110 e. The molecule has 0 aliphatic rings. The molecule has 0 fully saturated rings. The van der Waals surface area contributed by atoms with Crippen molar-refractivity contribution in [1.82, 2.24) is 9.38 Å². The summed E-state index contributed by atoms with van der Waals surface area (Å²) in [5, 5.41) is 0. The van der Waals surface area contributed by atoms with Gasteiger partial charge in [0.1, 0.15) is 5.82 Å². The Labute approximate surface area is 84.6 Å². The van der Waals surface area contributed by atoms with Gasteiger partial charge in [-0.1, -0.05) is 26.8 Å². The van der Waals surface area contributed by atoms with E-state index in [1.54, 1.807) is 0 Å². The second-order valence-corrected chi connectivity index (χ2v) is 4.71. The van der Waals surface area contributed by atoms with Gasteiger partial charge in [-0.3, -0.25) is 0 Å². The lowest BCUT2D eigenvalue weighted by Gasteiger charge is -2.15. The molecule has 0 unspecified atom stereocenters. The molecule has 0 aliphatic carbocycles. The van der Waals surface area contributed by atoms with Gasteiger partial charge in [-0.2, -0.15) is 0 Å². The van der Waals surface area contributed by atoms with Gasteiger partial charge in [-0.15, -0.1) is 0 Å². The van der Waals surface area contributed by atoms with Gasteiger partial charge in [-0.25, -0.2) is 4.98 Å². The topological polar surface area (TPSA) is 17.3 Å². The summed E-state index contributed by atoms with van der Waals surface area (Å²) in [7, 11) is 0. The third-order valence-electron chi connectivity index (χ3n) is 2.44. The largest absolute Gasteiger partial charge is 0.304 e. The predicted octanol–water partition coefficient (Wildman–Crippen LogP) is 2.94. The van der Waals surface area contributed by atoms with Gasteiger partial charge in [-0.05, 0) is 19.1 Å². The van der Waals surface area contributed by atoms with Crippen LogP contribution < -0.4 is 0 Å². The van der Waals surface area contributed by atoms with Crippen molar-refractivity contribution >= 4 is 5.52 Å². The lowest BCUT2D eigenvalue weighted by molar-refractivity contribution is 0.577. The van der Waals surface area contributed by atoms with Crippen LogP contribution in [-0.4, -0.2) is 9.38 Å². The quantitative estimate of drug-likeness (QED) is 0.621. The van der Waals surface area contributed by atoms with E-state index >= 15 is 0 Å². The van der Waals surface area contributed by atoms with Crippen LogP contribution >= 0.6 is 0 Å². The molecular formula is C12H16N2. The Bertz CT molecular complexity index is 461. The Balaban J connectivity index is 2.80. The molecule has 0 spiro atoms. The molecule has 0 aromatic carbocycles. The fraction of sp³-hybridized carbons (Fsp3) is 0.417. The average molecular weight is 188 g/mol. The summed E-state index contributed by atoms with van der Waals surface area (Å²) >= 11 is 0. The van der Waals surface area contributed by atoms with Crippen molar-refractivity contribution in [2.24, 2.45) is 0 Å². The summed E-state index contributed by atoms with van der Waals surface area (Å²) in [6, 6.07) is 6.22. The van der Waals surface area contributed by atoms with Crippen LogP contribution in [0.2, 0.25) is 0 Å². The van der Waals surface area contributed by atoms with E-state index in [4.69, 9.17) is 0 Å². The van der Waals surface area contributed by atoms with Crippen molar-refractivity contribution in [1.29, 1.82) is 0 Å². The Morgan fingerprint density at radius 3 is 2.57 bits per heavy atom. The van der Waals surface area contributed by atoms with Crippen molar-refractivity contribution < 1.29 is 0 Å². The Morgan fingerprint density at radius 1 is 1.21 bits per heavy atom. The molecule has 2 heteroatoms. The summed E-state index contributed by atoms with van der Waals surface area (Å²) in [5.74, 6) is 1.06. The van der Waals surface area contributed by atoms with Gasteiger partial charge in [0.15, 0.2) is 0 Å². The van der Waals surface area contributed by atoms with E-state index in [-0.39, 0.29) is 5.41 Å². The van der Waals surface area contributed by atoms with E-state index < -0.39 is 0 Å². The van der Waals surface area contributed by atoms with Crippen molar-refractivity contribution in [2.45, 2.75) is 33.1 Å². The van der Waals surface area contributed by atoms with Gasteiger partial charge in [0.2, 0.25) is 0 Å². The number of pyridine rings is 1. The Kier molecular flexibility index (Phi) is 1.88. The number of hydrogen-bond donors (Lipinski definition) is 0. The number of aromatic nitrogens is 2. The minimum atomic E-state index is 0.112.